The van der Waals surface area contributed by atoms with Gasteiger partial charge in [0.1, 0.15) is 5.82 Å². The Bertz CT molecular complexity index is 467. The Morgan fingerprint density at radius 2 is 1.86 bits per heavy atom. The second kappa shape index (κ2) is 6.35. The van der Waals surface area contributed by atoms with E-state index in [-0.39, 0.29) is 0 Å². The van der Waals surface area contributed by atoms with Crippen molar-refractivity contribution in [2.45, 2.75) is 58.4 Å². The van der Waals surface area contributed by atoms with Crippen molar-refractivity contribution in [3.63, 3.8) is 0 Å². The van der Waals surface area contributed by atoms with Gasteiger partial charge in [-0.1, -0.05) is 19.8 Å². The number of nitrogens with zero attached hydrogens (tertiary/aromatic N) is 2. The number of hydrogen-bond donors (Lipinski definition) is 1. The van der Waals surface area contributed by atoms with Gasteiger partial charge in [-0.25, -0.2) is 4.98 Å². The third-order valence-electron chi connectivity index (χ3n) is 5.48. The van der Waals surface area contributed by atoms with Crippen molar-refractivity contribution in [2.24, 2.45) is 5.41 Å². The number of pyridine rings is 1. The van der Waals surface area contributed by atoms with Gasteiger partial charge in [0.05, 0.1) is 0 Å². The van der Waals surface area contributed by atoms with Gasteiger partial charge in [0.2, 0.25) is 0 Å². The predicted molar refractivity (Wildman–Crippen MR) is 88.7 cm³/mol. The third kappa shape index (κ3) is 3.23. The van der Waals surface area contributed by atoms with Crippen LogP contribution >= 0.6 is 0 Å². The number of nitrogens with one attached hydrogen (secondary N) is 1. The lowest BCUT2D eigenvalue weighted by Gasteiger charge is -2.40. The SMILES string of the molecule is CCc1cc(CNC)cc(N2CCC3(CCCC3)CC2)n1. The molecule has 1 aromatic rings. The molecule has 2 fully saturated rings. The van der Waals surface area contributed by atoms with Crippen LogP contribution in [-0.2, 0) is 13.0 Å². The first-order chi connectivity index (χ1) is 10.2. The van der Waals surface area contributed by atoms with Crippen molar-refractivity contribution < 1.29 is 0 Å². The summed E-state index contributed by atoms with van der Waals surface area (Å²) in [4.78, 5) is 7.39. The van der Waals surface area contributed by atoms with Crippen LogP contribution in [0.4, 0.5) is 5.82 Å². The molecule has 1 saturated heterocycles. The Balaban J connectivity index is 1.73. The summed E-state index contributed by atoms with van der Waals surface area (Å²) in [6.45, 7) is 5.51. The van der Waals surface area contributed by atoms with Crippen LogP contribution in [0.1, 0.15) is 56.7 Å². The van der Waals surface area contributed by atoms with Crippen molar-refractivity contribution in [3.05, 3.63) is 23.4 Å². The predicted octanol–water partition coefficient (Wildman–Crippen LogP) is 3.52. The Morgan fingerprint density at radius 3 is 2.48 bits per heavy atom. The monoisotopic (exact) mass is 287 g/mol. The lowest BCUT2D eigenvalue weighted by molar-refractivity contribution is 0.226. The Morgan fingerprint density at radius 1 is 1.14 bits per heavy atom. The average Bonchev–Trinajstić information content (AvgIpc) is 2.96. The van der Waals surface area contributed by atoms with Crippen LogP contribution in [0.2, 0.25) is 0 Å². The second-order valence-corrected chi connectivity index (χ2v) is 6.90. The smallest absolute Gasteiger partial charge is 0.129 e. The summed E-state index contributed by atoms with van der Waals surface area (Å²) in [5, 5.41) is 3.26. The largest absolute Gasteiger partial charge is 0.357 e. The van der Waals surface area contributed by atoms with Crippen molar-refractivity contribution in [2.75, 3.05) is 25.0 Å². The van der Waals surface area contributed by atoms with Gasteiger partial charge in [-0.2, -0.15) is 0 Å². The molecule has 0 radical (unpaired) electrons. The van der Waals surface area contributed by atoms with Crippen LogP contribution in [0.5, 0.6) is 0 Å². The highest BCUT2D eigenvalue weighted by atomic mass is 15.2. The molecule has 0 aromatic carbocycles. The van der Waals surface area contributed by atoms with Gasteiger partial charge in [0, 0.05) is 25.3 Å². The number of rotatable bonds is 4. The van der Waals surface area contributed by atoms with E-state index in [1.54, 1.807) is 0 Å². The summed E-state index contributed by atoms with van der Waals surface area (Å²) < 4.78 is 0. The molecule has 0 bridgehead atoms. The minimum Gasteiger partial charge on any atom is -0.357 e. The molecule has 116 valence electrons. The Labute approximate surface area is 129 Å². The number of anilines is 1. The van der Waals surface area contributed by atoms with Crippen LogP contribution in [0.15, 0.2) is 12.1 Å². The summed E-state index contributed by atoms with van der Waals surface area (Å²) in [5.74, 6) is 1.20. The number of hydrogen-bond acceptors (Lipinski definition) is 3. The normalized spacial score (nSPS) is 21.1. The number of aromatic nitrogens is 1. The highest BCUT2D eigenvalue weighted by molar-refractivity contribution is 5.43. The number of aryl methyl sites for hydroxylation is 1. The first kappa shape index (κ1) is 14.8. The second-order valence-electron chi connectivity index (χ2n) is 6.90. The third-order valence-corrected chi connectivity index (χ3v) is 5.48. The summed E-state index contributed by atoms with van der Waals surface area (Å²) >= 11 is 0. The van der Waals surface area contributed by atoms with Crippen LogP contribution in [0.3, 0.4) is 0 Å². The Hall–Kier alpha value is -1.09. The molecule has 2 aliphatic rings. The molecule has 0 atom stereocenters. The van der Waals surface area contributed by atoms with E-state index in [0.717, 1.165) is 13.0 Å². The van der Waals surface area contributed by atoms with Gasteiger partial charge in [0.25, 0.3) is 0 Å². The van der Waals surface area contributed by atoms with Crippen molar-refractivity contribution in [1.29, 1.82) is 0 Å². The average molecular weight is 287 g/mol. The van der Waals surface area contributed by atoms with Crippen molar-refractivity contribution in [1.82, 2.24) is 10.3 Å². The van der Waals surface area contributed by atoms with Gasteiger partial charge in [0.15, 0.2) is 0 Å². The topological polar surface area (TPSA) is 28.2 Å². The molecule has 1 saturated carbocycles. The molecule has 1 spiro atoms. The summed E-state index contributed by atoms with van der Waals surface area (Å²) in [5.41, 5.74) is 3.27. The van der Waals surface area contributed by atoms with Gasteiger partial charge < -0.3 is 10.2 Å². The maximum atomic E-state index is 4.87. The molecule has 1 aromatic heterocycles. The minimum atomic E-state index is 0.687. The van der Waals surface area contributed by atoms with E-state index in [1.807, 2.05) is 7.05 Å². The molecule has 1 aliphatic carbocycles. The van der Waals surface area contributed by atoms with E-state index in [0.29, 0.717) is 5.41 Å². The van der Waals surface area contributed by atoms with Crippen molar-refractivity contribution in [3.8, 4) is 0 Å². The molecule has 1 N–H and O–H groups in total. The maximum absolute atomic E-state index is 4.87. The van der Waals surface area contributed by atoms with E-state index < -0.39 is 0 Å². The van der Waals surface area contributed by atoms with Crippen LogP contribution in [0, 0.1) is 5.41 Å². The quantitative estimate of drug-likeness (QED) is 0.918. The molecular formula is C18H29N3. The van der Waals surface area contributed by atoms with Gasteiger partial charge in [-0.05, 0) is 62.3 Å². The van der Waals surface area contributed by atoms with Gasteiger partial charge >= 0.3 is 0 Å². The van der Waals surface area contributed by atoms with Crippen LogP contribution in [0.25, 0.3) is 0 Å². The molecule has 1 aliphatic heterocycles. The minimum absolute atomic E-state index is 0.687. The lowest BCUT2D eigenvalue weighted by Crippen LogP contribution is -2.39. The first-order valence-corrected chi connectivity index (χ1v) is 8.64. The maximum Gasteiger partial charge on any atom is 0.129 e. The summed E-state index contributed by atoms with van der Waals surface area (Å²) in [6, 6.07) is 4.52. The summed E-state index contributed by atoms with van der Waals surface area (Å²) in [7, 11) is 2.01. The fraction of sp³-hybridized carbons (Fsp3) is 0.722. The molecule has 0 amide bonds. The van der Waals surface area contributed by atoms with Gasteiger partial charge in [-0.15, -0.1) is 0 Å². The summed E-state index contributed by atoms with van der Waals surface area (Å²) in [6.07, 6.45) is 9.59. The Kier molecular flexibility index (Phi) is 4.48. The fourth-order valence-electron chi connectivity index (χ4n) is 4.12. The zero-order chi connectivity index (χ0) is 14.7. The number of piperidine rings is 1. The molecule has 3 heteroatoms. The van der Waals surface area contributed by atoms with E-state index >= 15 is 0 Å². The molecular weight excluding hydrogens is 258 g/mol. The molecule has 21 heavy (non-hydrogen) atoms. The highest BCUT2D eigenvalue weighted by Gasteiger charge is 2.37. The van der Waals surface area contributed by atoms with Crippen LogP contribution < -0.4 is 10.2 Å². The molecule has 3 rings (SSSR count). The highest BCUT2D eigenvalue weighted by Crippen LogP contribution is 2.46. The first-order valence-electron chi connectivity index (χ1n) is 8.64. The lowest BCUT2D eigenvalue weighted by atomic mass is 9.77. The zero-order valence-corrected chi connectivity index (χ0v) is 13.6. The molecule has 3 nitrogen and oxygen atoms in total. The van der Waals surface area contributed by atoms with Crippen molar-refractivity contribution >= 4 is 5.82 Å². The van der Waals surface area contributed by atoms with Gasteiger partial charge in [-0.3, -0.25) is 0 Å². The fourth-order valence-corrected chi connectivity index (χ4v) is 4.12. The standard InChI is InChI=1S/C18H29N3/c1-3-16-12-15(14-19-2)13-17(20-16)21-10-8-18(9-11-21)6-4-5-7-18/h12-13,19H,3-11,14H2,1-2H3. The van der Waals surface area contributed by atoms with Crippen LogP contribution in [-0.4, -0.2) is 25.1 Å². The zero-order valence-electron chi connectivity index (χ0n) is 13.6. The van der Waals surface area contributed by atoms with E-state index in [9.17, 15) is 0 Å². The van der Waals surface area contributed by atoms with E-state index in [2.05, 4.69) is 29.3 Å². The molecule has 0 unspecified atom stereocenters. The molecule has 2 heterocycles. The van der Waals surface area contributed by atoms with E-state index in [1.165, 1.54) is 68.7 Å². The van der Waals surface area contributed by atoms with E-state index in [4.69, 9.17) is 4.98 Å².